The van der Waals surface area contributed by atoms with Crippen LogP contribution in [-0.2, 0) is 0 Å². The van der Waals surface area contributed by atoms with Gasteiger partial charge in [0, 0.05) is 0 Å². The molecule has 0 aliphatic carbocycles. The molecule has 0 bridgehead atoms. The number of aliphatic hydroxyl groups is 1. The summed E-state index contributed by atoms with van der Waals surface area (Å²) in [5.41, 5.74) is 5.56. The Balaban J connectivity index is 2.94. The molecule has 0 spiro atoms. The maximum atomic E-state index is 11.8. The molecule has 0 saturated carbocycles. The first kappa shape index (κ1) is 12.8. The Hall–Kier alpha value is -1.26. The number of carbonyl (C=O) groups is 1. The van der Waals surface area contributed by atoms with Gasteiger partial charge in [-0.15, -0.1) is 0 Å². The number of nitrogen functional groups attached to an aromatic ring is 1. The summed E-state index contributed by atoms with van der Waals surface area (Å²) >= 11 is 5.81. The number of benzene rings is 1. The molecule has 1 aromatic rings. The van der Waals surface area contributed by atoms with E-state index in [2.05, 4.69) is 5.32 Å². The number of nitrogens with two attached hydrogens (primary N) is 1. The van der Waals surface area contributed by atoms with Crippen LogP contribution >= 0.6 is 11.6 Å². The fourth-order valence-electron chi connectivity index (χ4n) is 1.15. The van der Waals surface area contributed by atoms with Crippen molar-refractivity contribution in [2.24, 2.45) is 0 Å². The van der Waals surface area contributed by atoms with Crippen molar-refractivity contribution in [1.82, 2.24) is 5.32 Å². The lowest BCUT2D eigenvalue weighted by Gasteiger charge is -2.23. The number of hydrogen-bond acceptors (Lipinski definition) is 3. The number of nitrogens with one attached hydrogen (secondary N) is 1. The first-order valence-corrected chi connectivity index (χ1v) is 5.22. The van der Waals surface area contributed by atoms with Crippen molar-refractivity contribution in [1.29, 1.82) is 0 Å². The van der Waals surface area contributed by atoms with E-state index in [-0.39, 0.29) is 18.2 Å². The molecule has 0 fully saturated rings. The molecule has 0 atom stereocenters. The van der Waals surface area contributed by atoms with Crippen LogP contribution in [0.25, 0.3) is 0 Å². The number of carbonyl (C=O) groups excluding carboxylic acids is 1. The van der Waals surface area contributed by atoms with Gasteiger partial charge < -0.3 is 16.2 Å². The SMILES string of the molecule is CC(C)(CO)NC(=O)c1cccc(Cl)c1N. The third kappa shape index (κ3) is 2.87. The van der Waals surface area contributed by atoms with Gasteiger partial charge in [0.05, 0.1) is 28.4 Å². The number of anilines is 1. The summed E-state index contributed by atoms with van der Waals surface area (Å²) in [4.78, 5) is 11.8. The van der Waals surface area contributed by atoms with E-state index in [1.807, 2.05) is 0 Å². The second kappa shape index (κ2) is 4.72. The van der Waals surface area contributed by atoms with Crippen molar-refractivity contribution >= 4 is 23.2 Å². The number of hydrogen-bond donors (Lipinski definition) is 3. The zero-order valence-corrected chi connectivity index (χ0v) is 10.0. The molecular weight excluding hydrogens is 228 g/mol. The van der Waals surface area contributed by atoms with E-state index in [1.165, 1.54) is 0 Å². The molecular formula is C11H15ClN2O2. The van der Waals surface area contributed by atoms with Crippen molar-refractivity contribution in [3.8, 4) is 0 Å². The van der Waals surface area contributed by atoms with Crippen LogP contribution in [-0.4, -0.2) is 23.2 Å². The molecule has 0 unspecified atom stereocenters. The van der Waals surface area contributed by atoms with Gasteiger partial charge in [-0.2, -0.15) is 0 Å². The summed E-state index contributed by atoms with van der Waals surface area (Å²) in [6, 6.07) is 4.86. The lowest BCUT2D eigenvalue weighted by atomic mass is 10.1. The zero-order chi connectivity index (χ0) is 12.3. The van der Waals surface area contributed by atoms with Crippen LogP contribution in [0.1, 0.15) is 24.2 Å². The van der Waals surface area contributed by atoms with Gasteiger partial charge in [-0.05, 0) is 26.0 Å². The lowest BCUT2D eigenvalue weighted by Crippen LogP contribution is -2.46. The van der Waals surface area contributed by atoms with Crippen molar-refractivity contribution in [2.75, 3.05) is 12.3 Å². The molecule has 1 rings (SSSR count). The molecule has 0 aromatic heterocycles. The van der Waals surface area contributed by atoms with E-state index in [0.29, 0.717) is 10.6 Å². The summed E-state index contributed by atoms with van der Waals surface area (Å²) in [6.07, 6.45) is 0. The van der Waals surface area contributed by atoms with E-state index < -0.39 is 5.54 Å². The predicted octanol–water partition coefficient (Wildman–Crippen LogP) is 1.42. The Morgan fingerprint density at radius 3 is 2.75 bits per heavy atom. The average molecular weight is 243 g/mol. The Labute approximate surface area is 99.4 Å². The maximum Gasteiger partial charge on any atom is 0.253 e. The molecule has 0 aliphatic rings. The summed E-state index contributed by atoms with van der Waals surface area (Å²) in [5, 5.41) is 12.0. The summed E-state index contributed by atoms with van der Waals surface area (Å²) in [6.45, 7) is 3.27. The van der Waals surface area contributed by atoms with Gasteiger partial charge in [-0.25, -0.2) is 0 Å². The van der Waals surface area contributed by atoms with Gasteiger partial charge >= 0.3 is 0 Å². The third-order valence-corrected chi connectivity index (χ3v) is 2.47. The molecule has 4 N–H and O–H groups in total. The van der Waals surface area contributed by atoms with Crippen LogP contribution in [0.4, 0.5) is 5.69 Å². The molecule has 4 nitrogen and oxygen atoms in total. The van der Waals surface area contributed by atoms with E-state index in [4.69, 9.17) is 22.4 Å². The van der Waals surface area contributed by atoms with Crippen molar-refractivity contribution < 1.29 is 9.90 Å². The number of halogens is 1. The molecule has 16 heavy (non-hydrogen) atoms. The van der Waals surface area contributed by atoms with Crippen molar-refractivity contribution in [3.63, 3.8) is 0 Å². The minimum atomic E-state index is -0.689. The van der Waals surface area contributed by atoms with Crippen LogP contribution in [0.2, 0.25) is 5.02 Å². The lowest BCUT2D eigenvalue weighted by molar-refractivity contribution is 0.0870. The van der Waals surface area contributed by atoms with Crippen molar-refractivity contribution in [3.05, 3.63) is 28.8 Å². The second-order valence-electron chi connectivity index (χ2n) is 4.20. The molecule has 0 saturated heterocycles. The molecule has 5 heteroatoms. The van der Waals surface area contributed by atoms with Gasteiger partial charge in [-0.1, -0.05) is 17.7 Å². The normalized spacial score (nSPS) is 11.2. The van der Waals surface area contributed by atoms with Crippen LogP contribution in [0.5, 0.6) is 0 Å². The maximum absolute atomic E-state index is 11.8. The first-order valence-electron chi connectivity index (χ1n) is 4.85. The molecule has 0 heterocycles. The number of rotatable bonds is 3. The van der Waals surface area contributed by atoms with Gasteiger partial charge in [0.15, 0.2) is 0 Å². The first-order chi connectivity index (χ1) is 7.37. The van der Waals surface area contributed by atoms with Crippen LogP contribution in [0.3, 0.4) is 0 Å². The Bertz CT molecular complexity index is 405. The van der Waals surface area contributed by atoms with Crippen LogP contribution in [0, 0.1) is 0 Å². The molecule has 0 aliphatic heterocycles. The predicted molar refractivity (Wildman–Crippen MR) is 64.5 cm³/mol. The fraction of sp³-hybridized carbons (Fsp3) is 0.364. The minimum Gasteiger partial charge on any atom is -0.397 e. The number of aliphatic hydroxyl groups excluding tert-OH is 1. The highest BCUT2D eigenvalue weighted by Crippen LogP contribution is 2.22. The standard InChI is InChI=1S/C11H15ClN2O2/c1-11(2,6-15)14-10(16)7-4-3-5-8(12)9(7)13/h3-5,15H,6,13H2,1-2H3,(H,14,16). The van der Waals surface area contributed by atoms with Gasteiger partial charge in [0.2, 0.25) is 0 Å². The minimum absolute atomic E-state index is 0.154. The number of para-hydroxylation sites is 1. The quantitative estimate of drug-likeness (QED) is 0.702. The summed E-state index contributed by atoms with van der Waals surface area (Å²) < 4.78 is 0. The second-order valence-corrected chi connectivity index (χ2v) is 4.60. The Morgan fingerprint density at radius 2 is 2.19 bits per heavy atom. The largest absolute Gasteiger partial charge is 0.397 e. The van der Waals surface area contributed by atoms with E-state index >= 15 is 0 Å². The van der Waals surface area contributed by atoms with E-state index in [1.54, 1.807) is 32.0 Å². The van der Waals surface area contributed by atoms with E-state index in [0.717, 1.165) is 0 Å². The highest BCUT2D eigenvalue weighted by Gasteiger charge is 2.21. The monoisotopic (exact) mass is 242 g/mol. The van der Waals surface area contributed by atoms with E-state index in [9.17, 15) is 4.79 Å². The fourth-order valence-corrected chi connectivity index (χ4v) is 1.32. The highest BCUT2D eigenvalue weighted by molar-refractivity contribution is 6.33. The summed E-state index contributed by atoms with van der Waals surface area (Å²) in [5.74, 6) is -0.348. The molecule has 88 valence electrons. The smallest absolute Gasteiger partial charge is 0.253 e. The van der Waals surface area contributed by atoms with Gasteiger partial charge in [-0.3, -0.25) is 4.79 Å². The van der Waals surface area contributed by atoms with Crippen molar-refractivity contribution in [2.45, 2.75) is 19.4 Å². The Kier molecular flexibility index (Phi) is 3.78. The Morgan fingerprint density at radius 1 is 1.56 bits per heavy atom. The molecule has 1 amide bonds. The van der Waals surface area contributed by atoms with Crippen LogP contribution < -0.4 is 11.1 Å². The topological polar surface area (TPSA) is 75.3 Å². The van der Waals surface area contributed by atoms with Gasteiger partial charge in [0.1, 0.15) is 0 Å². The highest BCUT2D eigenvalue weighted by atomic mass is 35.5. The number of amides is 1. The van der Waals surface area contributed by atoms with Gasteiger partial charge in [0.25, 0.3) is 5.91 Å². The average Bonchev–Trinajstić information content (AvgIpc) is 2.21. The summed E-state index contributed by atoms with van der Waals surface area (Å²) in [7, 11) is 0. The molecule has 0 radical (unpaired) electrons. The van der Waals surface area contributed by atoms with Crippen LogP contribution in [0.15, 0.2) is 18.2 Å². The molecule has 1 aromatic carbocycles. The third-order valence-electron chi connectivity index (χ3n) is 2.14. The zero-order valence-electron chi connectivity index (χ0n) is 9.25.